The number of methoxy groups -OCH3 is 1. The maximum Gasteiger partial charge on any atom is 0.295 e. The highest BCUT2D eigenvalue weighted by atomic mass is 79.9. The van der Waals surface area contributed by atoms with E-state index in [1.54, 1.807) is 30.2 Å². The summed E-state index contributed by atoms with van der Waals surface area (Å²) < 4.78 is 12.1. The molecule has 5 rings (SSSR count). The maximum absolute atomic E-state index is 13.6. The number of hydrogen-bond acceptors (Lipinski definition) is 4. The van der Waals surface area contributed by atoms with Gasteiger partial charge in [-0.15, -0.1) is 0 Å². The molecule has 0 fully saturated rings. The summed E-state index contributed by atoms with van der Waals surface area (Å²) in [6.07, 6.45) is 0.899. The number of anilines is 1. The molecule has 0 aliphatic carbocycles. The summed E-state index contributed by atoms with van der Waals surface area (Å²) in [5, 5.41) is 0.438. The van der Waals surface area contributed by atoms with Crippen LogP contribution in [-0.4, -0.2) is 13.0 Å². The average molecular weight is 490 g/mol. The lowest BCUT2D eigenvalue weighted by Crippen LogP contribution is -2.29. The van der Waals surface area contributed by atoms with Crippen molar-refractivity contribution in [2.45, 2.75) is 19.4 Å². The van der Waals surface area contributed by atoms with Gasteiger partial charge in [0.15, 0.2) is 5.43 Å². The molecule has 160 valence electrons. The number of benzene rings is 3. The zero-order chi connectivity index (χ0) is 22.4. The Morgan fingerprint density at radius 1 is 1.00 bits per heavy atom. The van der Waals surface area contributed by atoms with E-state index in [4.69, 9.17) is 9.15 Å². The first-order valence-corrected chi connectivity index (χ1v) is 11.1. The second-order valence-electron chi connectivity index (χ2n) is 7.69. The van der Waals surface area contributed by atoms with E-state index in [0.717, 1.165) is 16.5 Å². The van der Waals surface area contributed by atoms with E-state index in [-0.39, 0.29) is 17.1 Å². The third-order valence-electron chi connectivity index (χ3n) is 5.89. The minimum absolute atomic E-state index is 0.0882. The van der Waals surface area contributed by atoms with Crippen molar-refractivity contribution in [2.75, 3.05) is 12.0 Å². The molecule has 5 nitrogen and oxygen atoms in total. The third-order valence-corrected chi connectivity index (χ3v) is 6.38. The van der Waals surface area contributed by atoms with Crippen LogP contribution in [0, 0.1) is 0 Å². The monoisotopic (exact) mass is 489 g/mol. The first-order valence-electron chi connectivity index (χ1n) is 10.3. The number of ether oxygens (including phenoxy) is 1. The minimum atomic E-state index is -0.601. The van der Waals surface area contributed by atoms with Crippen LogP contribution in [0.3, 0.4) is 0 Å². The molecule has 1 atom stereocenters. The molecule has 0 saturated carbocycles. The Hall–Kier alpha value is -3.38. The van der Waals surface area contributed by atoms with Crippen molar-refractivity contribution in [1.82, 2.24) is 0 Å². The lowest BCUT2D eigenvalue weighted by molar-refractivity contribution is 0.0971. The zero-order valence-electron chi connectivity index (χ0n) is 17.6. The molecule has 2 heterocycles. The SMILES string of the molecule is CCc1ccc(N2C(=O)c3oc4ccc(Br)cc4c(=O)c3C2c2ccc(OC)cc2)cc1. The third kappa shape index (κ3) is 3.22. The number of hydrogen-bond donors (Lipinski definition) is 0. The smallest absolute Gasteiger partial charge is 0.295 e. The van der Waals surface area contributed by atoms with Crippen molar-refractivity contribution in [3.8, 4) is 5.75 Å². The Kier molecular flexibility index (Phi) is 5.10. The molecule has 1 unspecified atom stereocenters. The Labute approximate surface area is 193 Å². The lowest BCUT2D eigenvalue weighted by atomic mass is 9.98. The quantitative estimate of drug-likeness (QED) is 0.359. The van der Waals surface area contributed by atoms with Crippen LogP contribution in [0.25, 0.3) is 11.0 Å². The number of rotatable bonds is 4. The van der Waals surface area contributed by atoms with E-state index in [1.165, 1.54) is 5.56 Å². The fourth-order valence-electron chi connectivity index (χ4n) is 4.21. The van der Waals surface area contributed by atoms with Gasteiger partial charge in [-0.3, -0.25) is 14.5 Å². The number of aryl methyl sites for hydroxylation is 1. The van der Waals surface area contributed by atoms with Crippen molar-refractivity contribution < 1.29 is 13.9 Å². The van der Waals surface area contributed by atoms with Crippen LogP contribution in [0.4, 0.5) is 5.69 Å². The van der Waals surface area contributed by atoms with Crippen LogP contribution >= 0.6 is 15.9 Å². The van der Waals surface area contributed by atoms with Gasteiger partial charge in [0.2, 0.25) is 5.76 Å². The molecular weight excluding hydrogens is 470 g/mol. The second-order valence-corrected chi connectivity index (χ2v) is 8.60. The van der Waals surface area contributed by atoms with Crippen molar-refractivity contribution in [3.63, 3.8) is 0 Å². The Bertz CT molecular complexity index is 1390. The molecule has 6 heteroatoms. The summed E-state index contributed by atoms with van der Waals surface area (Å²) >= 11 is 3.43. The van der Waals surface area contributed by atoms with Gasteiger partial charge in [0.05, 0.1) is 24.1 Å². The highest BCUT2D eigenvalue weighted by molar-refractivity contribution is 9.10. The second kappa shape index (κ2) is 7.95. The van der Waals surface area contributed by atoms with Gasteiger partial charge in [-0.1, -0.05) is 47.1 Å². The highest BCUT2D eigenvalue weighted by Gasteiger charge is 2.43. The van der Waals surface area contributed by atoms with E-state index in [2.05, 4.69) is 22.9 Å². The molecule has 0 bridgehead atoms. The number of carbonyl (C=O) groups excluding carboxylic acids is 1. The van der Waals surface area contributed by atoms with Crippen molar-refractivity contribution in [3.05, 3.63) is 104 Å². The van der Waals surface area contributed by atoms with Crippen LogP contribution in [0.1, 0.15) is 40.2 Å². The summed E-state index contributed by atoms with van der Waals surface area (Å²) in [4.78, 5) is 28.8. The molecule has 1 aliphatic rings. The summed E-state index contributed by atoms with van der Waals surface area (Å²) in [7, 11) is 1.60. The molecule has 3 aromatic carbocycles. The van der Waals surface area contributed by atoms with Gasteiger partial charge in [-0.25, -0.2) is 0 Å². The fourth-order valence-corrected chi connectivity index (χ4v) is 4.57. The van der Waals surface area contributed by atoms with Crippen LogP contribution in [-0.2, 0) is 6.42 Å². The van der Waals surface area contributed by atoms with E-state index in [9.17, 15) is 9.59 Å². The van der Waals surface area contributed by atoms with Crippen LogP contribution in [0.5, 0.6) is 5.75 Å². The fraction of sp³-hybridized carbons (Fsp3) is 0.154. The highest BCUT2D eigenvalue weighted by Crippen LogP contribution is 2.41. The van der Waals surface area contributed by atoms with Gasteiger partial charge in [0, 0.05) is 10.2 Å². The van der Waals surface area contributed by atoms with Gasteiger partial charge in [-0.05, 0) is 60.0 Å². The number of nitrogens with zero attached hydrogens (tertiary/aromatic N) is 1. The number of halogens is 1. The van der Waals surface area contributed by atoms with Gasteiger partial charge in [0.25, 0.3) is 5.91 Å². The standard InChI is InChI=1S/C26H20BrNO4/c1-3-15-4-9-18(10-5-15)28-23(16-6-11-19(31-2)12-7-16)22-24(29)20-14-17(27)8-13-21(20)32-25(22)26(28)30/h4-14,23H,3H2,1-2H3. The first kappa shape index (κ1) is 20.5. The number of amides is 1. The molecule has 0 N–H and O–H groups in total. The molecule has 0 radical (unpaired) electrons. The summed E-state index contributed by atoms with van der Waals surface area (Å²) in [5.41, 5.74) is 3.23. The number of carbonyl (C=O) groups is 1. The predicted molar refractivity (Wildman–Crippen MR) is 128 cm³/mol. The Balaban J connectivity index is 1.77. The van der Waals surface area contributed by atoms with E-state index < -0.39 is 6.04 Å². The van der Waals surface area contributed by atoms with Crippen LogP contribution in [0.2, 0.25) is 0 Å². The Morgan fingerprint density at radius 3 is 2.38 bits per heavy atom. The molecule has 1 amide bonds. The van der Waals surface area contributed by atoms with Crippen LogP contribution < -0.4 is 15.1 Å². The zero-order valence-corrected chi connectivity index (χ0v) is 19.2. The van der Waals surface area contributed by atoms with Crippen molar-refractivity contribution in [1.29, 1.82) is 0 Å². The van der Waals surface area contributed by atoms with Gasteiger partial charge in [0.1, 0.15) is 11.3 Å². The van der Waals surface area contributed by atoms with E-state index in [1.807, 2.05) is 48.5 Å². The molecular formula is C26H20BrNO4. The topological polar surface area (TPSA) is 59.8 Å². The molecule has 0 saturated heterocycles. The van der Waals surface area contributed by atoms with E-state index >= 15 is 0 Å². The largest absolute Gasteiger partial charge is 0.497 e. The molecule has 1 aromatic heterocycles. The van der Waals surface area contributed by atoms with E-state index in [0.29, 0.717) is 28.0 Å². The van der Waals surface area contributed by atoms with Crippen molar-refractivity contribution in [2.24, 2.45) is 0 Å². The first-order chi connectivity index (χ1) is 15.5. The van der Waals surface area contributed by atoms with Crippen molar-refractivity contribution >= 4 is 38.5 Å². The minimum Gasteiger partial charge on any atom is -0.497 e. The lowest BCUT2D eigenvalue weighted by Gasteiger charge is -2.25. The van der Waals surface area contributed by atoms with Gasteiger partial charge in [-0.2, -0.15) is 0 Å². The molecule has 32 heavy (non-hydrogen) atoms. The summed E-state index contributed by atoms with van der Waals surface area (Å²) in [6, 6.07) is 19.9. The molecule has 0 spiro atoms. The molecule has 1 aliphatic heterocycles. The van der Waals surface area contributed by atoms with Crippen LogP contribution in [0.15, 0.2) is 80.4 Å². The summed E-state index contributed by atoms with van der Waals surface area (Å²) in [5.74, 6) is 0.462. The average Bonchev–Trinajstić information content (AvgIpc) is 3.12. The van der Waals surface area contributed by atoms with Gasteiger partial charge >= 0.3 is 0 Å². The predicted octanol–water partition coefficient (Wildman–Crippen LogP) is 5.88. The van der Waals surface area contributed by atoms with Gasteiger partial charge < -0.3 is 9.15 Å². The molecule has 4 aromatic rings. The Morgan fingerprint density at radius 2 is 1.72 bits per heavy atom. The summed E-state index contributed by atoms with van der Waals surface area (Å²) in [6.45, 7) is 2.08. The normalized spacial score (nSPS) is 15.3. The maximum atomic E-state index is 13.6. The number of fused-ring (bicyclic) bond motifs is 2.